The van der Waals surface area contributed by atoms with Crippen molar-refractivity contribution in [2.45, 2.75) is 0 Å². The number of amides is 2. The highest BCUT2D eigenvalue weighted by Gasteiger charge is 2.27. The molecule has 7 nitrogen and oxygen atoms in total. The number of pyridine rings is 1. The number of hydrogen-bond acceptors (Lipinski definition) is 3. The topological polar surface area (TPSA) is 62.9 Å². The molecule has 5 rings (SSSR count). The maximum atomic E-state index is 12.9. The van der Waals surface area contributed by atoms with E-state index >= 15 is 0 Å². The lowest BCUT2D eigenvalue weighted by atomic mass is 10.1. The Hall–Kier alpha value is -3.87. The molecule has 4 heterocycles. The van der Waals surface area contributed by atoms with E-state index < -0.39 is 0 Å². The van der Waals surface area contributed by atoms with Gasteiger partial charge in [0.1, 0.15) is 0 Å². The van der Waals surface area contributed by atoms with Crippen molar-refractivity contribution in [1.29, 1.82) is 0 Å². The van der Waals surface area contributed by atoms with Gasteiger partial charge in [-0.1, -0.05) is 6.07 Å². The molecule has 1 aliphatic heterocycles. The fourth-order valence-electron chi connectivity index (χ4n) is 3.85. The van der Waals surface area contributed by atoms with Crippen molar-refractivity contribution in [1.82, 2.24) is 24.0 Å². The third kappa shape index (κ3) is 3.24. The maximum absolute atomic E-state index is 12.9. The number of rotatable bonds is 3. The highest BCUT2D eigenvalue weighted by Crippen LogP contribution is 2.17. The van der Waals surface area contributed by atoms with Gasteiger partial charge in [0, 0.05) is 56.0 Å². The summed E-state index contributed by atoms with van der Waals surface area (Å²) >= 11 is 0. The molecule has 150 valence electrons. The van der Waals surface area contributed by atoms with Crippen molar-refractivity contribution in [3.8, 4) is 5.69 Å². The van der Waals surface area contributed by atoms with Gasteiger partial charge in [0.15, 0.2) is 0 Å². The average Bonchev–Trinajstić information content (AvgIpc) is 3.49. The predicted molar refractivity (Wildman–Crippen MR) is 113 cm³/mol. The van der Waals surface area contributed by atoms with Crippen molar-refractivity contribution in [3.63, 3.8) is 0 Å². The third-order valence-corrected chi connectivity index (χ3v) is 5.53. The zero-order valence-electron chi connectivity index (χ0n) is 16.4. The van der Waals surface area contributed by atoms with Crippen LogP contribution in [-0.4, -0.2) is 62.0 Å². The summed E-state index contributed by atoms with van der Waals surface area (Å²) in [5, 5.41) is 4.25. The van der Waals surface area contributed by atoms with Gasteiger partial charge in [0.2, 0.25) is 0 Å². The van der Waals surface area contributed by atoms with Gasteiger partial charge < -0.3 is 14.4 Å². The zero-order chi connectivity index (χ0) is 20.5. The first-order valence-electron chi connectivity index (χ1n) is 9.95. The number of carbonyl (C=O) groups is 2. The van der Waals surface area contributed by atoms with Crippen LogP contribution in [0.3, 0.4) is 0 Å². The fourth-order valence-corrected chi connectivity index (χ4v) is 3.85. The first-order valence-corrected chi connectivity index (χ1v) is 9.95. The standard InChI is InChI=1S/C23H21N5O2/c29-22(18-6-8-19(9-7-18)25-10-3-4-11-25)26-13-15-27(16-14-26)23(30)20-17-24-28-12-2-1-5-21(20)28/h1-12,17H,13-16H2. The Balaban J connectivity index is 1.24. The number of benzene rings is 1. The fraction of sp³-hybridized carbons (Fsp3) is 0.174. The summed E-state index contributed by atoms with van der Waals surface area (Å²) in [5.41, 5.74) is 3.06. The largest absolute Gasteiger partial charge is 0.335 e. The van der Waals surface area contributed by atoms with Crippen LogP contribution in [0.15, 0.2) is 79.4 Å². The van der Waals surface area contributed by atoms with Crippen LogP contribution in [0.1, 0.15) is 20.7 Å². The molecule has 3 aromatic heterocycles. The van der Waals surface area contributed by atoms with Crippen LogP contribution in [0.5, 0.6) is 0 Å². The Morgan fingerprint density at radius 2 is 1.37 bits per heavy atom. The molecule has 1 fully saturated rings. The Bertz CT molecular complexity index is 1190. The van der Waals surface area contributed by atoms with Crippen molar-refractivity contribution in [2.24, 2.45) is 0 Å². The first kappa shape index (κ1) is 18.2. The molecule has 4 aromatic rings. The summed E-state index contributed by atoms with van der Waals surface area (Å²) in [7, 11) is 0. The van der Waals surface area contributed by atoms with E-state index in [0.29, 0.717) is 37.3 Å². The second-order valence-corrected chi connectivity index (χ2v) is 7.31. The second-order valence-electron chi connectivity index (χ2n) is 7.31. The molecule has 0 aliphatic carbocycles. The summed E-state index contributed by atoms with van der Waals surface area (Å²) in [6, 6.07) is 17.2. The number of nitrogens with zero attached hydrogens (tertiary/aromatic N) is 5. The number of carbonyl (C=O) groups excluding carboxylic acids is 2. The molecule has 1 aromatic carbocycles. The minimum absolute atomic E-state index is 0.00265. The molecule has 0 atom stereocenters. The molecule has 0 saturated carbocycles. The van der Waals surface area contributed by atoms with Crippen molar-refractivity contribution >= 4 is 17.3 Å². The number of aromatic nitrogens is 3. The molecule has 0 spiro atoms. The first-order chi connectivity index (χ1) is 14.7. The minimum atomic E-state index is -0.0422. The van der Waals surface area contributed by atoms with Crippen LogP contribution in [0.25, 0.3) is 11.2 Å². The SMILES string of the molecule is O=C(c1ccc(-n2cccc2)cc1)N1CCN(C(=O)c2cnn3ccccc23)CC1. The second kappa shape index (κ2) is 7.51. The van der Waals surface area contributed by atoms with Gasteiger partial charge >= 0.3 is 0 Å². The minimum Gasteiger partial charge on any atom is -0.335 e. The molecule has 0 N–H and O–H groups in total. The maximum Gasteiger partial charge on any atom is 0.257 e. The molecule has 0 bridgehead atoms. The molecule has 0 radical (unpaired) electrons. The van der Waals surface area contributed by atoms with Crippen LogP contribution in [0.4, 0.5) is 0 Å². The van der Waals surface area contributed by atoms with Gasteiger partial charge in [-0.25, -0.2) is 4.52 Å². The van der Waals surface area contributed by atoms with E-state index in [9.17, 15) is 9.59 Å². The Kier molecular flexibility index (Phi) is 4.55. The molecule has 2 amide bonds. The molecule has 0 unspecified atom stereocenters. The summed E-state index contributed by atoms with van der Waals surface area (Å²) in [5.74, 6) is -0.0449. The molecule has 1 saturated heterocycles. The van der Waals surface area contributed by atoms with Gasteiger partial charge in [-0.05, 0) is 48.5 Å². The number of piperazine rings is 1. The summed E-state index contributed by atoms with van der Waals surface area (Å²) < 4.78 is 3.70. The third-order valence-electron chi connectivity index (χ3n) is 5.53. The molecular weight excluding hydrogens is 378 g/mol. The van der Waals surface area contributed by atoms with E-state index in [4.69, 9.17) is 0 Å². The van der Waals surface area contributed by atoms with Crippen LogP contribution in [0, 0.1) is 0 Å². The van der Waals surface area contributed by atoms with Gasteiger partial charge in [0.05, 0.1) is 17.3 Å². The van der Waals surface area contributed by atoms with Crippen LogP contribution < -0.4 is 0 Å². The Labute approximate surface area is 173 Å². The predicted octanol–water partition coefficient (Wildman–Crippen LogP) is 2.72. The van der Waals surface area contributed by atoms with E-state index in [1.54, 1.807) is 15.6 Å². The van der Waals surface area contributed by atoms with Gasteiger partial charge in [-0.15, -0.1) is 0 Å². The molecular formula is C23H21N5O2. The lowest BCUT2D eigenvalue weighted by Crippen LogP contribution is -2.50. The van der Waals surface area contributed by atoms with E-state index in [1.807, 2.05) is 82.7 Å². The van der Waals surface area contributed by atoms with Gasteiger partial charge in [-0.2, -0.15) is 5.10 Å². The smallest absolute Gasteiger partial charge is 0.257 e. The Morgan fingerprint density at radius 3 is 2.07 bits per heavy atom. The van der Waals surface area contributed by atoms with E-state index in [1.165, 1.54) is 0 Å². The van der Waals surface area contributed by atoms with E-state index in [0.717, 1.165) is 11.2 Å². The monoisotopic (exact) mass is 399 g/mol. The summed E-state index contributed by atoms with van der Waals surface area (Å²) in [6.07, 6.45) is 7.37. The molecule has 30 heavy (non-hydrogen) atoms. The van der Waals surface area contributed by atoms with E-state index in [-0.39, 0.29) is 11.8 Å². The van der Waals surface area contributed by atoms with Gasteiger partial charge in [-0.3, -0.25) is 9.59 Å². The van der Waals surface area contributed by atoms with Crippen molar-refractivity contribution in [3.05, 3.63) is 90.5 Å². The van der Waals surface area contributed by atoms with E-state index in [2.05, 4.69) is 5.10 Å². The van der Waals surface area contributed by atoms with Crippen molar-refractivity contribution in [2.75, 3.05) is 26.2 Å². The van der Waals surface area contributed by atoms with Gasteiger partial charge in [0.25, 0.3) is 11.8 Å². The summed E-state index contributed by atoms with van der Waals surface area (Å²) in [4.78, 5) is 29.4. The van der Waals surface area contributed by atoms with Crippen LogP contribution >= 0.6 is 0 Å². The van der Waals surface area contributed by atoms with Crippen LogP contribution in [-0.2, 0) is 0 Å². The molecule has 7 heteroatoms. The lowest BCUT2D eigenvalue weighted by Gasteiger charge is -2.34. The average molecular weight is 399 g/mol. The summed E-state index contributed by atoms with van der Waals surface area (Å²) in [6.45, 7) is 2.05. The quantitative estimate of drug-likeness (QED) is 0.532. The zero-order valence-corrected chi connectivity index (χ0v) is 16.4. The normalized spacial score (nSPS) is 14.3. The highest BCUT2D eigenvalue weighted by molar-refractivity contribution is 6.01. The van der Waals surface area contributed by atoms with Crippen LogP contribution in [0.2, 0.25) is 0 Å². The van der Waals surface area contributed by atoms with Crippen molar-refractivity contribution < 1.29 is 9.59 Å². The highest BCUT2D eigenvalue weighted by atomic mass is 16.2. The lowest BCUT2D eigenvalue weighted by molar-refractivity contribution is 0.0536. The Morgan fingerprint density at radius 1 is 0.733 bits per heavy atom. The number of fused-ring (bicyclic) bond motifs is 1. The molecule has 1 aliphatic rings. The number of hydrogen-bond donors (Lipinski definition) is 0.